The third-order valence-electron chi connectivity index (χ3n) is 2.89. The number of nitrogens with one attached hydrogen (secondary N) is 1. The number of hydrogen-bond donors (Lipinski definition) is 1. The van der Waals surface area contributed by atoms with Crippen LogP contribution < -0.4 is 10.1 Å². The van der Waals surface area contributed by atoms with E-state index in [1.54, 1.807) is 12.1 Å². The molecule has 1 heterocycles. The summed E-state index contributed by atoms with van der Waals surface area (Å²) in [5, 5.41) is 3.80. The second-order valence-electron chi connectivity index (χ2n) is 4.57. The Labute approximate surface area is 132 Å². The zero-order valence-corrected chi connectivity index (χ0v) is 14.0. The number of ether oxygens (including phenoxy) is 1. The number of nitrogens with zero attached hydrogens (tertiary/aromatic N) is 1. The summed E-state index contributed by atoms with van der Waals surface area (Å²) in [6.07, 6.45) is 0. The molecule has 0 aliphatic heterocycles. The Morgan fingerprint density at radius 3 is 2.70 bits per heavy atom. The van der Waals surface area contributed by atoms with Crippen LogP contribution in [0.5, 0.6) is 11.6 Å². The SMILES string of the molecule is CNCc1c(C)cc(C)nc1Oc1ccc(Cl)cc1Br. The van der Waals surface area contributed by atoms with Crippen molar-refractivity contribution in [2.24, 2.45) is 0 Å². The smallest absolute Gasteiger partial charge is 0.224 e. The Balaban J connectivity index is 2.41. The monoisotopic (exact) mass is 354 g/mol. The van der Waals surface area contributed by atoms with Gasteiger partial charge in [0.25, 0.3) is 0 Å². The zero-order valence-electron chi connectivity index (χ0n) is 11.6. The molecule has 5 heteroatoms. The van der Waals surface area contributed by atoms with Crippen molar-refractivity contribution in [3.63, 3.8) is 0 Å². The van der Waals surface area contributed by atoms with Crippen LogP contribution in [0.3, 0.4) is 0 Å². The minimum Gasteiger partial charge on any atom is -0.437 e. The largest absolute Gasteiger partial charge is 0.437 e. The van der Waals surface area contributed by atoms with Gasteiger partial charge in [0, 0.05) is 22.8 Å². The molecule has 3 nitrogen and oxygen atoms in total. The van der Waals surface area contributed by atoms with Gasteiger partial charge < -0.3 is 10.1 Å². The molecule has 2 aromatic rings. The van der Waals surface area contributed by atoms with Gasteiger partial charge in [-0.1, -0.05) is 11.6 Å². The number of aromatic nitrogens is 1. The van der Waals surface area contributed by atoms with Crippen molar-refractivity contribution >= 4 is 27.5 Å². The fraction of sp³-hybridized carbons (Fsp3) is 0.267. The van der Waals surface area contributed by atoms with Gasteiger partial charge in [0.05, 0.1) is 4.47 Å². The molecule has 20 heavy (non-hydrogen) atoms. The van der Waals surface area contributed by atoms with Crippen molar-refractivity contribution in [1.29, 1.82) is 0 Å². The molecule has 1 N–H and O–H groups in total. The van der Waals surface area contributed by atoms with Crippen LogP contribution >= 0.6 is 27.5 Å². The summed E-state index contributed by atoms with van der Waals surface area (Å²) in [4.78, 5) is 4.50. The molecule has 0 bridgehead atoms. The first kappa shape index (κ1) is 15.3. The molecule has 0 unspecified atom stereocenters. The summed E-state index contributed by atoms with van der Waals surface area (Å²) in [6, 6.07) is 7.48. The molecule has 106 valence electrons. The molecule has 0 spiro atoms. The number of halogens is 2. The second kappa shape index (κ2) is 6.57. The first-order valence-electron chi connectivity index (χ1n) is 6.26. The van der Waals surface area contributed by atoms with Gasteiger partial charge in [0.15, 0.2) is 0 Å². The third kappa shape index (κ3) is 3.51. The summed E-state index contributed by atoms with van der Waals surface area (Å²) in [5.41, 5.74) is 3.15. The van der Waals surface area contributed by atoms with Crippen LogP contribution in [-0.2, 0) is 6.54 Å². The summed E-state index contributed by atoms with van der Waals surface area (Å²) in [5.74, 6) is 1.32. The molecule has 0 aliphatic carbocycles. The highest BCUT2D eigenvalue weighted by molar-refractivity contribution is 9.10. The van der Waals surface area contributed by atoms with E-state index < -0.39 is 0 Å². The van der Waals surface area contributed by atoms with Gasteiger partial charge in [0.1, 0.15) is 5.75 Å². The maximum absolute atomic E-state index is 5.95. The highest BCUT2D eigenvalue weighted by Crippen LogP contribution is 2.33. The van der Waals surface area contributed by atoms with Crippen LogP contribution in [0.4, 0.5) is 0 Å². The molecular formula is C15H16BrClN2O. The second-order valence-corrected chi connectivity index (χ2v) is 5.86. The lowest BCUT2D eigenvalue weighted by Crippen LogP contribution is -2.09. The maximum atomic E-state index is 5.95. The van der Waals surface area contributed by atoms with Crippen molar-refractivity contribution in [3.8, 4) is 11.6 Å². The van der Waals surface area contributed by atoms with E-state index in [1.807, 2.05) is 20.0 Å². The average molecular weight is 356 g/mol. The van der Waals surface area contributed by atoms with Crippen molar-refractivity contribution in [1.82, 2.24) is 10.3 Å². The van der Waals surface area contributed by atoms with Gasteiger partial charge in [-0.15, -0.1) is 0 Å². The van der Waals surface area contributed by atoms with E-state index in [9.17, 15) is 0 Å². The van der Waals surface area contributed by atoms with Crippen LogP contribution in [0.2, 0.25) is 5.02 Å². The first-order chi connectivity index (χ1) is 9.51. The number of pyridine rings is 1. The molecule has 2 rings (SSSR count). The Morgan fingerprint density at radius 2 is 2.05 bits per heavy atom. The van der Waals surface area contributed by atoms with Crippen LogP contribution in [0.1, 0.15) is 16.8 Å². The van der Waals surface area contributed by atoms with Gasteiger partial charge >= 0.3 is 0 Å². The van der Waals surface area contributed by atoms with Crippen LogP contribution in [0.25, 0.3) is 0 Å². The summed E-state index contributed by atoms with van der Waals surface area (Å²) in [7, 11) is 1.90. The van der Waals surface area contributed by atoms with Gasteiger partial charge in [-0.05, 0) is 66.7 Å². The first-order valence-corrected chi connectivity index (χ1v) is 7.43. The molecule has 1 aromatic heterocycles. The quantitative estimate of drug-likeness (QED) is 0.868. The topological polar surface area (TPSA) is 34.2 Å². The van der Waals surface area contributed by atoms with E-state index >= 15 is 0 Å². The van der Waals surface area contributed by atoms with Crippen molar-refractivity contribution in [3.05, 3.63) is 50.6 Å². The highest BCUT2D eigenvalue weighted by atomic mass is 79.9. The van der Waals surface area contributed by atoms with E-state index in [0.29, 0.717) is 23.2 Å². The van der Waals surface area contributed by atoms with Gasteiger partial charge in [-0.2, -0.15) is 0 Å². The Bertz CT molecular complexity index is 632. The van der Waals surface area contributed by atoms with Gasteiger partial charge in [-0.25, -0.2) is 4.98 Å². The van der Waals surface area contributed by atoms with E-state index in [2.05, 4.69) is 39.2 Å². The molecule has 0 fully saturated rings. The lowest BCUT2D eigenvalue weighted by atomic mass is 10.1. The van der Waals surface area contributed by atoms with Crippen molar-refractivity contribution in [2.75, 3.05) is 7.05 Å². The van der Waals surface area contributed by atoms with E-state index in [1.165, 1.54) is 0 Å². The lowest BCUT2D eigenvalue weighted by Gasteiger charge is -2.14. The number of aryl methyl sites for hydroxylation is 2. The van der Waals surface area contributed by atoms with Crippen LogP contribution in [0, 0.1) is 13.8 Å². The number of rotatable bonds is 4. The van der Waals surface area contributed by atoms with Gasteiger partial charge in [0.2, 0.25) is 5.88 Å². The van der Waals surface area contributed by atoms with Crippen molar-refractivity contribution < 1.29 is 4.74 Å². The molecule has 0 aliphatic rings. The summed E-state index contributed by atoms with van der Waals surface area (Å²) in [6.45, 7) is 4.73. The predicted octanol–water partition coefficient (Wildman–Crippen LogP) is 4.63. The number of benzene rings is 1. The minimum absolute atomic E-state index is 0.625. The van der Waals surface area contributed by atoms with Crippen LogP contribution in [-0.4, -0.2) is 12.0 Å². The molecule has 0 saturated heterocycles. The minimum atomic E-state index is 0.625. The molecule has 1 aromatic carbocycles. The van der Waals surface area contributed by atoms with Crippen LogP contribution in [0.15, 0.2) is 28.7 Å². The molecule has 0 radical (unpaired) electrons. The Kier molecular flexibility index (Phi) is 5.02. The molecular weight excluding hydrogens is 340 g/mol. The predicted molar refractivity (Wildman–Crippen MR) is 85.7 cm³/mol. The normalized spacial score (nSPS) is 10.7. The molecule has 0 atom stereocenters. The van der Waals surface area contributed by atoms with E-state index in [4.69, 9.17) is 16.3 Å². The van der Waals surface area contributed by atoms with E-state index in [0.717, 1.165) is 21.3 Å². The summed E-state index contributed by atoms with van der Waals surface area (Å²) < 4.78 is 6.76. The number of hydrogen-bond acceptors (Lipinski definition) is 3. The van der Waals surface area contributed by atoms with Gasteiger partial charge in [-0.3, -0.25) is 0 Å². The maximum Gasteiger partial charge on any atom is 0.224 e. The fourth-order valence-electron chi connectivity index (χ4n) is 1.97. The standard InChI is InChI=1S/C15H16BrClN2O/c1-9-6-10(2)19-15(12(9)8-18-3)20-14-5-4-11(17)7-13(14)16/h4-7,18H,8H2,1-3H3. The van der Waals surface area contributed by atoms with E-state index in [-0.39, 0.29) is 0 Å². The third-order valence-corrected chi connectivity index (χ3v) is 3.75. The molecule has 0 amide bonds. The fourth-order valence-corrected chi connectivity index (χ4v) is 2.73. The van der Waals surface area contributed by atoms with Crippen molar-refractivity contribution in [2.45, 2.75) is 20.4 Å². The zero-order chi connectivity index (χ0) is 14.7. The Hall–Kier alpha value is -1.10. The summed E-state index contributed by atoms with van der Waals surface area (Å²) >= 11 is 9.39. The Morgan fingerprint density at radius 1 is 1.30 bits per heavy atom. The highest BCUT2D eigenvalue weighted by Gasteiger charge is 2.12. The average Bonchev–Trinajstić information content (AvgIpc) is 2.37. The molecule has 0 saturated carbocycles. The lowest BCUT2D eigenvalue weighted by molar-refractivity contribution is 0.449.